The van der Waals surface area contributed by atoms with Crippen molar-refractivity contribution >= 4 is 18.3 Å². The van der Waals surface area contributed by atoms with E-state index in [0.29, 0.717) is 5.92 Å². The van der Waals surface area contributed by atoms with Crippen molar-refractivity contribution in [3.63, 3.8) is 0 Å². The van der Waals surface area contributed by atoms with Crippen LogP contribution < -0.4 is 10.6 Å². The van der Waals surface area contributed by atoms with E-state index >= 15 is 0 Å². The number of amides is 1. The summed E-state index contributed by atoms with van der Waals surface area (Å²) in [6.45, 7) is 7.30. The molecule has 1 saturated carbocycles. The van der Waals surface area contributed by atoms with E-state index in [1.807, 2.05) is 0 Å². The first-order valence-electron chi connectivity index (χ1n) is 8.13. The second-order valence-corrected chi connectivity index (χ2v) is 6.50. The summed E-state index contributed by atoms with van der Waals surface area (Å²) in [5.41, 5.74) is 0.0725. The van der Waals surface area contributed by atoms with Gasteiger partial charge in [0.15, 0.2) is 0 Å². The number of ether oxygens (including phenoxy) is 2. The molecule has 0 spiro atoms. The molecule has 1 heterocycles. The van der Waals surface area contributed by atoms with E-state index in [9.17, 15) is 4.79 Å². The van der Waals surface area contributed by atoms with Gasteiger partial charge in [0.05, 0.1) is 18.2 Å². The molecule has 1 aliphatic carbocycles. The van der Waals surface area contributed by atoms with E-state index < -0.39 is 0 Å². The molecule has 0 aromatic rings. The number of carbonyl (C=O) groups is 1. The molecule has 0 aromatic carbocycles. The van der Waals surface area contributed by atoms with Crippen LogP contribution in [0.3, 0.4) is 0 Å². The van der Waals surface area contributed by atoms with Gasteiger partial charge in [-0.15, -0.1) is 12.4 Å². The fourth-order valence-corrected chi connectivity index (χ4v) is 4.43. The van der Waals surface area contributed by atoms with Crippen LogP contribution in [-0.2, 0) is 14.3 Å². The minimum atomic E-state index is -0.129. The van der Waals surface area contributed by atoms with Crippen LogP contribution in [0.25, 0.3) is 0 Å². The standard InChI is InChI=1S/C16H30N2O3.ClH/c1-6-16(7-2)13(10(3)14(16)21-5)18-15(19)12-8-11(20-4)9-17-12;/h10-14,17H,6-9H2,1-5H3,(H,18,19);1H/t10?,11-,12+,13?,14?;/m0./s1. The van der Waals surface area contributed by atoms with Crippen molar-refractivity contribution in [2.75, 3.05) is 20.8 Å². The van der Waals surface area contributed by atoms with E-state index in [2.05, 4.69) is 31.4 Å². The average Bonchev–Trinajstić information content (AvgIpc) is 2.98. The lowest BCUT2D eigenvalue weighted by atomic mass is 9.53. The van der Waals surface area contributed by atoms with Crippen LogP contribution in [0.5, 0.6) is 0 Å². The number of rotatable bonds is 6. The number of halogens is 1. The highest BCUT2D eigenvalue weighted by atomic mass is 35.5. The summed E-state index contributed by atoms with van der Waals surface area (Å²) in [7, 11) is 3.48. The summed E-state index contributed by atoms with van der Waals surface area (Å²) >= 11 is 0. The number of carbonyl (C=O) groups excluding carboxylic acids is 1. The maximum atomic E-state index is 12.5. The molecule has 1 aliphatic heterocycles. The molecule has 3 unspecified atom stereocenters. The zero-order valence-electron chi connectivity index (χ0n) is 14.3. The van der Waals surface area contributed by atoms with Crippen LogP contribution in [0, 0.1) is 11.3 Å². The first-order chi connectivity index (χ1) is 10.0. The van der Waals surface area contributed by atoms with Crippen molar-refractivity contribution < 1.29 is 14.3 Å². The maximum absolute atomic E-state index is 12.5. The highest BCUT2D eigenvalue weighted by Gasteiger charge is 2.59. The third kappa shape index (κ3) is 3.14. The van der Waals surface area contributed by atoms with Gasteiger partial charge < -0.3 is 20.1 Å². The molecule has 1 saturated heterocycles. The number of hydrogen-bond acceptors (Lipinski definition) is 4. The molecule has 5 atom stereocenters. The molecule has 0 radical (unpaired) electrons. The maximum Gasteiger partial charge on any atom is 0.237 e. The molecule has 130 valence electrons. The van der Waals surface area contributed by atoms with Gasteiger partial charge in [0, 0.05) is 38.1 Å². The van der Waals surface area contributed by atoms with Crippen LogP contribution in [0.2, 0.25) is 0 Å². The Morgan fingerprint density at radius 2 is 1.91 bits per heavy atom. The lowest BCUT2D eigenvalue weighted by Gasteiger charge is -2.59. The molecule has 2 N–H and O–H groups in total. The molecular formula is C16H31ClN2O3. The first kappa shape index (κ1) is 19.7. The SMILES string of the molecule is CCC1(CC)C(NC(=O)[C@H]2C[C@H](OC)CN2)C(C)C1OC.Cl. The zero-order chi connectivity index (χ0) is 15.6. The van der Waals surface area contributed by atoms with Crippen LogP contribution in [-0.4, -0.2) is 51.0 Å². The van der Waals surface area contributed by atoms with Gasteiger partial charge in [0.1, 0.15) is 0 Å². The fraction of sp³-hybridized carbons (Fsp3) is 0.938. The number of hydrogen-bond donors (Lipinski definition) is 2. The molecule has 5 nitrogen and oxygen atoms in total. The molecule has 2 fully saturated rings. The molecular weight excluding hydrogens is 304 g/mol. The largest absolute Gasteiger partial charge is 0.380 e. The Hall–Kier alpha value is -0.360. The van der Waals surface area contributed by atoms with Crippen molar-refractivity contribution in [1.29, 1.82) is 0 Å². The summed E-state index contributed by atoms with van der Waals surface area (Å²) in [5, 5.41) is 6.52. The van der Waals surface area contributed by atoms with Crippen molar-refractivity contribution in [2.45, 2.75) is 64.3 Å². The molecule has 1 amide bonds. The Balaban J connectivity index is 0.00000242. The normalized spacial score (nSPS) is 36.3. The average molecular weight is 335 g/mol. The van der Waals surface area contributed by atoms with Crippen molar-refractivity contribution in [1.82, 2.24) is 10.6 Å². The van der Waals surface area contributed by atoms with Crippen LogP contribution >= 0.6 is 12.4 Å². The molecule has 2 aliphatic rings. The van der Waals surface area contributed by atoms with Gasteiger partial charge in [-0.25, -0.2) is 0 Å². The van der Waals surface area contributed by atoms with Crippen LogP contribution in [0.15, 0.2) is 0 Å². The highest BCUT2D eigenvalue weighted by molar-refractivity contribution is 5.85. The summed E-state index contributed by atoms with van der Waals surface area (Å²) in [5.74, 6) is 0.464. The fourth-order valence-electron chi connectivity index (χ4n) is 4.43. The van der Waals surface area contributed by atoms with E-state index in [1.54, 1.807) is 14.2 Å². The minimum absolute atomic E-state index is 0. The second kappa shape index (κ2) is 7.95. The van der Waals surface area contributed by atoms with Gasteiger partial charge in [0.2, 0.25) is 5.91 Å². The minimum Gasteiger partial charge on any atom is -0.380 e. The molecule has 2 rings (SSSR count). The highest BCUT2D eigenvalue weighted by Crippen LogP contribution is 2.52. The van der Waals surface area contributed by atoms with Crippen LogP contribution in [0.1, 0.15) is 40.0 Å². The first-order valence-corrected chi connectivity index (χ1v) is 8.13. The molecule has 0 bridgehead atoms. The smallest absolute Gasteiger partial charge is 0.237 e. The Bertz CT molecular complexity index is 376. The molecule has 6 heteroatoms. The summed E-state index contributed by atoms with van der Waals surface area (Å²) in [4.78, 5) is 12.5. The Morgan fingerprint density at radius 3 is 2.36 bits per heavy atom. The van der Waals surface area contributed by atoms with Crippen molar-refractivity contribution in [3.05, 3.63) is 0 Å². The van der Waals surface area contributed by atoms with Gasteiger partial charge in [-0.1, -0.05) is 20.8 Å². The van der Waals surface area contributed by atoms with E-state index in [4.69, 9.17) is 9.47 Å². The lowest BCUT2D eigenvalue weighted by Crippen LogP contribution is -2.70. The monoisotopic (exact) mass is 334 g/mol. The van der Waals surface area contributed by atoms with E-state index in [0.717, 1.165) is 25.8 Å². The Labute approximate surface area is 140 Å². The predicted octanol–water partition coefficient (Wildman–Crippen LogP) is 1.74. The van der Waals surface area contributed by atoms with Gasteiger partial charge in [-0.2, -0.15) is 0 Å². The third-order valence-electron chi connectivity index (χ3n) is 5.80. The summed E-state index contributed by atoms with van der Waals surface area (Å²) < 4.78 is 11.0. The summed E-state index contributed by atoms with van der Waals surface area (Å²) in [6.07, 6.45) is 3.18. The Kier molecular flexibility index (Phi) is 7.12. The Morgan fingerprint density at radius 1 is 1.27 bits per heavy atom. The number of nitrogens with one attached hydrogen (secondary N) is 2. The van der Waals surface area contributed by atoms with E-state index in [1.165, 1.54) is 0 Å². The van der Waals surface area contributed by atoms with Gasteiger partial charge in [0.25, 0.3) is 0 Å². The van der Waals surface area contributed by atoms with Gasteiger partial charge >= 0.3 is 0 Å². The summed E-state index contributed by atoms with van der Waals surface area (Å²) in [6, 6.07) is 0.0727. The third-order valence-corrected chi connectivity index (χ3v) is 5.80. The van der Waals surface area contributed by atoms with Crippen molar-refractivity contribution in [3.8, 4) is 0 Å². The predicted molar refractivity (Wildman–Crippen MR) is 89.4 cm³/mol. The topological polar surface area (TPSA) is 59.6 Å². The van der Waals surface area contributed by atoms with Gasteiger partial charge in [-0.3, -0.25) is 4.79 Å². The zero-order valence-corrected chi connectivity index (χ0v) is 15.2. The van der Waals surface area contributed by atoms with E-state index in [-0.39, 0.29) is 48.0 Å². The lowest BCUT2D eigenvalue weighted by molar-refractivity contribution is -0.172. The number of methoxy groups -OCH3 is 2. The van der Waals surface area contributed by atoms with Crippen molar-refractivity contribution in [2.24, 2.45) is 11.3 Å². The quantitative estimate of drug-likeness (QED) is 0.777. The van der Waals surface area contributed by atoms with Gasteiger partial charge in [-0.05, 0) is 19.3 Å². The second-order valence-electron chi connectivity index (χ2n) is 6.50. The molecule has 0 aromatic heterocycles. The van der Waals surface area contributed by atoms with Crippen LogP contribution in [0.4, 0.5) is 0 Å². The molecule has 22 heavy (non-hydrogen) atoms.